The Labute approximate surface area is 296 Å². The number of allylic oxidation sites excluding steroid dienone is 7. The molecule has 0 fully saturated rings. The molecule has 4 aliphatic carbocycles. The molecule has 5 aromatic rings. The van der Waals surface area contributed by atoms with Crippen molar-refractivity contribution in [2.45, 2.75) is 57.8 Å². The van der Waals surface area contributed by atoms with E-state index >= 15 is 0 Å². The molecule has 0 saturated heterocycles. The summed E-state index contributed by atoms with van der Waals surface area (Å²) in [6, 6.07) is 34.4. The molecule has 0 bridgehead atoms. The topological polar surface area (TPSA) is 3.24 Å². The van der Waals surface area contributed by atoms with Gasteiger partial charge in [-0.15, -0.1) is 0 Å². The summed E-state index contributed by atoms with van der Waals surface area (Å²) in [4.78, 5) is 2.57. The van der Waals surface area contributed by atoms with Crippen molar-refractivity contribution in [2.75, 3.05) is 4.90 Å². The average molecular weight is 646 g/mol. The van der Waals surface area contributed by atoms with E-state index in [1.807, 2.05) is 0 Å². The summed E-state index contributed by atoms with van der Waals surface area (Å²) in [6.07, 6.45) is 19.0. The number of anilines is 3. The summed E-state index contributed by atoms with van der Waals surface area (Å²) in [5.41, 5.74) is 18.1. The van der Waals surface area contributed by atoms with Gasteiger partial charge in [-0.2, -0.15) is 0 Å². The summed E-state index contributed by atoms with van der Waals surface area (Å²) in [7, 11) is 0. The van der Waals surface area contributed by atoms with Crippen molar-refractivity contribution in [3.8, 4) is 22.3 Å². The lowest BCUT2D eigenvalue weighted by molar-refractivity contribution is 0.659. The van der Waals surface area contributed by atoms with Crippen LogP contribution in [0.3, 0.4) is 0 Å². The van der Waals surface area contributed by atoms with Gasteiger partial charge in [-0.3, -0.25) is 0 Å². The molecule has 1 nitrogen and oxygen atoms in total. The van der Waals surface area contributed by atoms with Crippen LogP contribution in [-0.4, -0.2) is 0 Å². The monoisotopic (exact) mass is 645 g/mol. The van der Waals surface area contributed by atoms with Crippen molar-refractivity contribution >= 4 is 35.8 Å². The second kappa shape index (κ2) is 11.1. The SMILES string of the molecule is C=c1c2c(cc(N(c3ccc4c(c3)C(C)(C)c3ccccc3-4)c3cccc4c3C3CC=CC=C3C=C4)/c1=C/C=C\C)C(C)(C)c1ccccc1-2. The Morgan fingerprint density at radius 3 is 2.24 bits per heavy atom. The molecule has 0 aromatic heterocycles. The molecule has 9 rings (SSSR count). The molecule has 1 unspecified atom stereocenters. The molecule has 0 spiro atoms. The summed E-state index contributed by atoms with van der Waals surface area (Å²) >= 11 is 0. The van der Waals surface area contributed by atoms with E-state index in [-0.39, 0.29) is 10.8 Å². The van der Waals surface area contributed by atoms with Crippen molar-refractivity contribution in [3.05, 3.63) is 177 Å². The van der Waals surface area contributed by atoms with E-state index in [4.69, 9.17) is 6.58 Å². The predicted octanol–water partition coefficient (Wildman–Crippen LogP) is 11.5. The Bertz CT molecular complexity index is 2500. The van der Waals surface area contributed by atoms with Gasteiger partial charge >= 0.3 is 0 Å². The maximum absolute atomic E-state index is 4.88. The first-order valence-corrected chi connectivity index (χ1v) is 18.0. The first kappa shape index (κ1) is 30.6. The standard InChI is InChI=1S/C49H43N/c1-7-8-18-35-31(2)46-39-21-12-14-23-41(39)49(5,6)43(46)30-45(35)50(44-24-15-17-33-26-25-32-16-9-10-19-36(32)47(33)44)34-27-28-38-37-20-11-13-22-40(37)48(3,4)42(38)29-34/h7-18,20-30,36H,2,19H2,1,3-6H3/b8-7-,35-18+. The van der Waals surface area contributed by atoms with E-state index in [1.54, 1.807) is 0 Å². The second-order valence-electron chi connectivity index (χ2n) is 15.3. The van der Waals surface area contributed by atoms with Crippen LogP contribution < -0.4 is 15.3 Å². The predicted molar refractivity (Wildman–Crippen MR) is 214 cm³/mol. The van der Waals surface area contributed by atoms with Gasteiger partial charge in [0.15, 0.2) is 0 Å². The lowest BCUT2D eigenvalue weighted by Crippen LogP contribution is -2.33. The fourth-order valence-corrected chi connectivity index (χ4v) is 9.31. The number of benzene rings is 5. The van der Waals surface area contributed by atoms with Gasteiger partial charge in [0.25, 0.3) is 0 Å². The molecule has 0 aliphatic heterocycles. The number of rotatable bonds is 4. The molecule has 4 aliphatic rings. The van der Waals surface area contributed by atoms with E-state index < -0.39 is 0 Å². The highest BCUT2D eigenvalue weighted by Gasteiger charge is 2.39. The van der Waals surface area contributed by atoms with Gasteiger partial charge in [-0.25, -0.2) is 0 Å². The van der Waals surface area contributed by atoms with E-state index in [1.165, 1.54) is 78.3 Å². The molecule has 0 N–H and O–H groups in total. The molecule has 0 radical (unpaired) electrons. The Morgan fingerprint density at radius 1 is 0.720 bits per heavy atom. The van der Waals surface area contributed by atoms with Gasteiger partial charge < -0.3 is 4.90 Å². The minimum atomic E-state index is -0.164. The maximum atomic E-state index is 4.88. The third-order valence-corrected chi connectivity index (χ3v) is 11.9. The van der Waals surface area contributed by atoms with E-state index in [2.05, 4.69) is 179 Å². The lowest BCUT2D eigenvalue weighted by Gasteiger charge is -2.35. The highest BCUT2D eigenvalue weighted by molar-refractivity contribution is 5.91. The van der Waals surface area contributed by atoms with Gasteiger partial charge in [-0.1, -0.05) is 150 Å². The van der Waals surface area contributed by atoms with Gasteiger partial charge in [0, 0.05) is 27.7 Å². The van der Waals surface area contributed by atoms with Crippen molar-refractivity contribution in [1.82, 2.24) is 0 Å². The zero-order valence-electron chi connectivity index (χ0n) is 29.7. The van der Waals surface area contributed by atoms with E-state index in [0.29, 0.717) is 5.92 Å². The minimum absolute atomic E-state index is 0.116. The summed E-state index contributed by atoms with van der Waals surface area (Å²) in [5.74, 6) is 0.297. The molecular weight excluding hydrogens is 603 g/mol. The molecule has 1 atom stereocenters. The van der Waals surface area contributed by atoms with Gasteiger partial charge in [0.2, 0.25) is 0 Å². The van der Waals surface area contributed by atoms with Crippen molar-refractivity contribution < 1.29 is 0 Å². The average Bonchev–Trinajstić information content (AvgIpc) is 3.51. The number of hydrogen-bond donors (Lipinski definition) is 0. The first-order valence-electron chi connectivity index (χ1n) is 18.0. The largest absolute Gasteiger partial charge is 0.310 e. The van der Waals surface area contributed by atoms with E-state index in [9.17, 15) is 0 Å². The molecule has 5 aromatic carbocycles. The number of nitrogens with zero attached hydrogens (tertiary/aromatic N) is 1. The summed E-state index contributed by atoms with van der Waals surface area (Å²) in [6.45, 7) is 16.5. The number of hydrogen-bond acceptors (Lipinski definition) is 1. The van der Waals surface area contributed by atoms with Gasteiger partial charge in [-0.05, 0) is 104 Å². The van der Waals surface area contributed by atoms with Crippen LogP contribution in [0.5, 0.6) is 0 Å². The molecule has 244 valence electrons. The third kappa shape index (κ3) is 4.26. The Hall–Kier alpha value is -5.40. The van der Waals surface area contributed by atoms with Crippen LogP contribution in [0.2, 0.25) is 0 Å². The fraction of sp³-hybridized carbons (Fsp3) is 0.184. The van der Waals surface area contributed by atoms with Crippen molar-refractivity contribution in [1.29, 1.82) is 0 Å². The zero-order chi connectivity index (χ0) is 34.4. The van der Waals surface area contributed by atoms with Gasteiger partial charge in [0.05, 0.1) is 11.4 Å². The Kier molecular flexibility index (Phi) is 6.78. The zero-order valence-corrected chi connectivity index (χ0v) is 29.7. The smallest absolute Gasteiger partial charge is 0.0543 e. The maximum Gasteiger partial charge on any atom is 0.0543 e. The number of fused-ring (bicyclic) bond motifs is 9. The molecule has 0 saturated carbocycles. The van der Waals surface area contributed by atoms with Gasteiger partial charge in [0.1, 0.15) is 0 Å². The molecule has 50 heavy (non-hydrogen) atoms. The second-order valence-corrected chi connectivity index (χ2v) is 15.3. The molecular formula is C49H43N. The van der Waals surface area contributed by atoms with Crippen LogP contribution in [-0.2, 0) is 10.8 Å². The van der Waals surface area contributed by atoms with Crippen LogP contribution in [0.15, 0.2) is 133 Å². The molecule has 0 amide bonds. The molecule has 0 heterocycles. The summed E-state index contributed by atoms with van der Waals surface area (Å²) in [5, 5.41) is 2.24. The molecule has 1 heteroatoms. The fourth-order valence-electron chi connectivity index (χ4n) is 9.31. The minimum Gasteiger partial charge on any atom is -0.310 e. The van der Waals surface area contributed by atoms with Crippen molar-refractivity contribution in [3.63, 3.8) is 0 Å². The lowest BCUT2D eigenvalue weighted by atomic mass is 9.78. The Morgan fingerprint density at radius 2 is 1.44 bits per heavy atom. The normalized spacial score (nSPS) is 18.6. The van der Waals surface area contributed by atoms with Crippen LogP contribution >= 0.6 is 0 Å². The quantitative estimate of drug-likeness (QED) is 0.188. The third-order valence-electron chi connectivity index (χ3n) is 11.9. The van der Waals surface area contributed by atoms with Crippen LogP contribution in [0.25, 0.3) is 41.0 Å². The summed E-state index contributed by atoms with van der Waals surface area (Å²) < 4.78 is 0. The first-order chi connectivity index (χ1) is 24.2. The van der Waals surface area contributed by atoms with Crippen LogP contribution in [0.1, 0.15) is 80.3 Å². The highest BCUT2D eigenvalue weighted by atomic mass is 15.1. The van der Waals surface area contributed by atoms with Crippen molar-refractivity contribution in [2.24, 2.45) is 0 Å². The Balaban J connectivity index is 1.38. The van der Waals surface area contributed by atoms with Crippen LogP contribution in [0, 0.1) is 0 Å². The highest BCUT2D eigenvalue weighted by Crippen LogP contribution is 2.53. The van der Waals surface area contributed by atoms with Crippen LogP contribution in [0.4, 0.5) is 17.1 Å². The van der Waals surface area contributed by atoms with E-state index in [0.717, 1.165) is 16.9 Å².